The Morgan fingerprint density at radius 1 is 1.03 bits per heavy atom. The van der Waals surface area contributed by atoms with Gasteiger partial charge in [-0.05, 0) is 49.1 Å². The molecule has 2 aromatic carbocycles. The number of hydrogen-bond donors (Lipinski definition) is 3. The second kappa shape index (κ2) is 8.36. The van der Waals surface area contributed by atoms with Gasteiger partial charge in [0.25, 0.3) is 17.7 Å². The second-order valence-electron chi connectivity index (χ2n) is 7.21. The minimum atomic E-state index is -1.24. The topological polar surface area (TPSA) is 108 Å². The van der Waals surface area contributed by atoms with Crippen molar-refractivity contribution in [3.05, 3.63) is 70.8 Å². The summed E-state index contributed by atoms with van der Waals surface area (Å²) in [6.45, 7) is 5.23. The van der Waals surface area contributed by atoms with E-state index in [0.717, 1.165) is 11.1 Å². The molecule has 1 aliphatic rings. The number of hydrazine groups is 1. The molecule has 1 fully saturated rings. The minimum Gasteiger partial charge on any atom is -0.343 e. The molecule has 1 unspecified atom stereocenters. The van der Waals surface area contributed by atoms with Gasteiger partial charge in [0.15, 0.2) is 0 Å². The molecule has 0 bridgehead atoms. The Balaban J connectivity index is 1.65. The van der Waals surface area contributed by atoms with Crippen molar-refractivity contribution < 1.29 is 19.2 Å². The van der Waals surface area contributed by atoms with Crippen molar-refractivity contribution in [3.63, 3.8) is 0 Å². The fourth-order valence-electron chi connectivity index (χ4n) is 3.35. The van der Waals surface area contributed by atoms with E-state index in [1.165, 1.54) is 0 Å². The Morgan fingerprint density at radius 3 is 2.37 bits per heavy atom. The van der Waals surface area contributed by atoms with Gasteiger partial charge >= 0.3 is 6.03 Å². The summed E-state index contributed by atoms with van der Waals surface area (Å²) >= 11 is 0. The van der Waals surface area contributed by atoms with E-state index in [9.17, 15) is 19.2 Å². The smallest absolute Gasteiger partial charge is 0.343 e. The van der Waals surface area contributed by atoms with E-state index in [2.05, 4.69) is 16.1 Å². The van der Waals surface area contributed by atoms with E-state index in [1.54, 1.807) is 43.3 Å². The molecule has 8 heteroatoms. The molecule has 0 spiro atoms. The molecule has 0 aliphatic carbocycles. The minimum absolute atomic E-state index is 0.317. The number of nitrogens with zero attached hydrogens (tertiary/aromatic N) is 1. The first-order valence-corrected chi connectivity index (χ1v) is 9.65. The van der Waals surface area contributed by atoms with Crippen molar-refractivity contribution >= 4 is 23.8 Å². The predicted molar refractivity (Wildman–Crippen MR) is 110 cm³/mol. The molecule has 1 aliphatic heterocycles. The van der Waals surface area contributed by atoms with Crippen LogP contribution in [0.25, 0.3) is 0 Å². The van der Waals surface area contributed by atoms with E-state index in [-0.39, 0.29) is 6.54 Å². The molecule has 156 valence electrons. The molecule has 1 atom stereocenters. The van der Waals surface area contributed by atoms with Crippen LogP contribution in [0.1, 0.15) is 40.4 Å². The molecule has 5 amide bonds. The van der Waals surface area contributed by atoms with Gasteiger partial charge < -0.3 is 10.6 Å². The number of rotatable bonds is 6. The summed E-state index contributed by atoms with van der Waals surface area (Å²) in [6, 6.07) is 13.4. The molecule has 3 N–H and O–H groups in total. The Bertz CT molecular complexity index is 1010. The maximum atomic E-state index is 13.0. The maximum absolute atomic E-state index is 13.0. The lowest BCUT2D eigenvalue weighted by Gasteiger charge is -2.25. The van der Waals surface area contributed by atoms with Crippen LogP contribution in [0.2, 0.25) is 0 Å². The number of amides is 5. The summed E-state index contributed by atoms with van der Waals surface area (Å²) in [6.07, 6.45) is 0.317. The summed E-state index contributed by atoms with van der Waals surface area (Å²) in [5.74, 6) is -1.68. The number of imide groups is 1. The van der Waals surface area contributed by atoms with Crippen LogP contribution in [0.15, 0.2) is 48.5 Å². The van der Waals surface area contributed by atoms with Gasteiger partial charge in [-0.1, -0.05) is 43.3 Å². The molecule has 1 heterocycles. The quantitative estimate of drug-likeness (QED) is 0.635. The monoisotopic (exact) mass is 408 g/mol. The molecule has 30 heavy (non-hydrogen) atoms. The zero-order valence-corrected chi connectivity index (χ0v) is 17.1. The van der Waals surface area contributed by atoms with Crippen molar-refractivity contribution in [2.45, 2.75) is 32.7 Å². The van der Waals surface area contributed by atoms with Crippen molar-refractivity contribution in [2.24, 2.45) is 0 Å². The average Bonchev–Trinajstić information content (AvgIpc) is 2.99. The van der Waals surface area contributed by atoms with Gasteiger partial charge in [0.1, 0.15) is 5.54 Å². The Kier molecular flexibility index (Phi) is 5.86. The molecular formula is C22H24N4O4. The summed E-state index contributed by atoms with van der Waals surface area (Å²) in [4.78, 5) is 49.9. The van der Waals surface area contributed by atoms with Crippen LogP contribution < -0.4 is 16.1 Å². The Hall–Kier alpha value is -3.68. The molecule has 1 saturated heterocycles. The molecule has 8 nitrogen and oxygen atoms in total. The third-order valence-corrected chi connectivity index (χ3v) is 5.30. The number of urea groups is 1. The van der Waals surface area contributed by atoms with Crippen LogP contribution in [0.3, 0.4) is 0 Å². The first-order chi connectivity index (χ1) is 14.3. The van der Waals surface area contributed by atoms with Gasteiger partial charge in [-0.25, -0.2) is 4.79 Å². The third kappa shape index (κ3) is 3.89. The zero-order chi connectivity index (χ0) is 21.9. The number of carbonyl (C=O) groups is 4. The number of nitrogens with one attached hydrogen (secondary N) is 3. The van der Waals surface area contributed by atoms with Crippen LogP contribution in [0.4, 0.5) is 4.79 Å². The highest BCUT2D eigenvalue weighted by molar-refractivity contribution is 6.08. The van der Waals surface area contributed by atoms with Gasteiger partial charge in [0.05, 0.1) is 6.54 Å². The molecule has 0 aromatic heterocycles. The first-order valence-electron chi connectivity index (χ1n) is 9.65. The lowest BCUT2D eigenvalue weighted by molar-refractivity contribution is -0.139. The van der Waals surface area contributed by atoms with Crippen molar-refractivity contribution in [3.8, 4) is 0 Å². The van der Waals surface area contributed by atoms with Crippen molar-refractivity contribution in [1.29, 1.82) is 0 Å². The Morgan fingerprint density at radius 2 is 1.73 bits per heavy atom. The third-order valence-electron chi connectivity index (χ3n) is 5.30. The van der Waals surface area contributed by atoms with Crippen molar-refractivity contribution in [2.75, 3.05) is 6.54 Å². The number of hydrogen-bond acceptors (Lipinski definition) is 4. The lowest BCUT2D eigenvalue weighted by atomic mass is 9.87. The normalized spacial score (nSPS) is 18.2. The SMILES string of the molecule is CCC1(c2ccccc2)NC(=O)N(NC(=O)CNC(=O)c2ccc(C)c(C)c2)C1=O. The van der Waals surface area contributed by atoms with Crippen LogP contribution in [-0.2, 0) is 15.1 Å². The number of aryl methyl sites for hydroxylation is 2. The van der Waals surface area contributed by atoms with Gasteiger partial charge in [-0.15, -0.1) is 0 Å². The highest BCUT2D eigenvalue weighted by atomic mass is 16.2. The van der Waals surface area contributed by atoms with E-state index < -0.39 is 29.3 Å². The highest BCUT2D eigenvalue weighted by Crippen LogP contribution is 2.31. The van der Waals surface area contributed by atoms with Crippen molar-refractivity contribution in [1.82, 2.24) is 21.1 Å². The zero-order valence-electron chi connectivity index (χ0n) is 17.1. The van der Waals surface area contributed by atoms with Gasteiger partial charge in [-0.2, -0.15) is 5.01 Å². The van der Waals surface area contributed by atoms with Crippen LogP contribution >= 0.6 is 0 Å². The molecule has 2 aromatic rings. The average molecular weight is 408 g/mol. The van der Waals surface area contributed by atoms with Crippen LogP contribution in [0, 0.1) is 13.8 Å². The largest absolute Gasteiger partial charge is 0.344 e. The fourth-order valence-corrected chi connectivity index (χ4v) is 3.35. The van der Waals surface area contributed by atoms with Crippen LogP contribution in [-0.4, -0.2) is 35.3 Å². The van der Waals surface area contributed by atoms with Gasteiger partial charge in [0, 0.05) is 5.56 Å². The standard InChI is InChI=1S/C22H24N4O4/c1-4-22(17-8-6-5-7-9-17)20(29)26(21(30)24-22)25-18(27)13-23-19(28)16-11-10-14(2)15(3)12-16/h5-12H,4,13H2,1-3H3,(H,23,28)(H,24,30)(H,25,27). The second-order valence-corrected chi connectivity index (χ2v) is 7.21. The van der Waals surface area contributed by atoms with E-state index in [1.807, 2.05) is 26.0 Å². The molecule has 0 radical (unpaired) electrons. The molecule has 3 rings (SSSR count). The number of benzene rings is 2. The summed E-state index contributed by atoms with van der Waals surface area (Å²) in [5, 5.41) is 5.84. The Labute approximate surface area is 174 Å². The fraction of sp³-hybridized carbons (Fsp3) is 0.273. The van der Waals surface area contributed by atoms with Crippen LogP contribution in [0.5, 0.6) is 0 Å². The van der Waals surface area contributed by atoms with Gasteiger partial charge in [0.2, 0.25) is 0 Å². The maximum Gasteiger partial charge on any atom is 0.344 e. The van der Waals surface area contributed by atoms with E-state index in [4.69, 9.17) is 0 Å². The molecular weight excluding hydrogens is 384 g/mol. The lowest BCUT2D eigenvalue weighted by Crippen LogP contribution is -2.51. The van der Waals surface area contributed by atoms with Gasteiger partial charge in [-0.3, -0.25) is 19.8 Å². The molecule has 0 saturated carbocycles. The van der Waals surface area contributed by atoms with E-state index in [0.29, 0.717) is 22.6 Å². The summed E-state index contributed by atoms with van der Waals surface area (Å²) in [7, 11) is 0. The summed E-state index contributed by atoms with van der Waals surface area (Å²) < 4.78 is 0. The van der Waals surface area contributed by atoms with E-state index >= 15 is 0 Å². The first kappa shape index (κ1) is 21.0. The highest BCUT2D eigenvalue weighted by Gasteiger charge is 2.52. The predicted octanol–water partition coefficient (Wildman–Crippen LogP) is 1.92. The number of carbonyl (C=O) groups excluding carboxylic acids is 4. The summed E-state index contributed by atoms with van der Waals surface area (Å²) in [5.41, 5.74) is 4.11.